The number of hydrogen-bond acceptors (Lipinski definition) is 6. The Morgan fingerprint density at radius 1 is 1.25 bits per heavy atom. The predicted molar refractivity (Wildman–Crippen MR) is 92.6 cm³/mol. The summed E-state index contributed by atoms with van der Waals surface area (Å²) in [5.41, 5.74) is 0.959. The quantitative estimate of drug-likeness (QED) is 0.811. The zero-order valence-corrected chi connectivity index (χ0v) is 14.7. The summed E-state index contributed by atoms with van der Waals surface area (Å²) >= 11 is 0. The molecule has 2 atom stereocenters. The molecule has 6 heteroatoms. The lowest BCUT2D eigenvalue weighted by atomic mass is 10.1. The number of methoxy groups -OCH3 is 1. The second kappa shape index (κ2) is 7.88. The molecule has 2 heterocycles. The van der Waals surface area contributed by atoms with Gasteiger partial charge in [0.25, 0.3) is 0 Å². The molecule has 1 saturated heterocycles. The molecule has 1 fully saturated rings. The minimum Gasteiger partial charge on any atom is -0.419 e. The zero-order valence-electron chi connectivity index (χ0n) is 14.7. The Labute approximate surface area is 143 Å². The van der Waals surface area contributed by atoms with Crippen molar-refractivity contribution in [3.05, 3.63) is 36.2 Å². The normalized spacial score (nSPS) is 21.0. The van der Waals surface area contributed by atoms with E-state index in [0.29, 0.717) is 17.8 Å². The average molecular weight is 330 g/mol. The molecule has 24 heavy (non-hydrogen) atoms. The van der Waals surface area contributed by atoms with E-state index in [1.165, 1.54) is 0 Å². The van der Waals surface area contributed by atoms with Crippen LogP contribution in [-0.2, 0) is 4.74 Å². The molecule has 0 aliphatic carbocycles. The predicted octanol–water partition coefficient (Wildman–Crippen LogP) is 2.45. The summed E-state index contributed by atoms with van der Waals surface area (Å²) in [7, 11) is 1.75. The van der Waals surface area contributed by atoms with Crippen molar-refractivity contribution in [1.29, 1.82) is 0 Å². The molecule has 0 saturated carbocycles. The van der Waals surface area contributed by atoms with Crippen LogP contribution in [0.15, 0.2) is 34.7 Å². The Bertz CT molecular complexity index is 631. The summed E-state index contributed by atoms with van der Waals surface area (Å²) in [6.07, 6.45) is 0. The smallest absolute Gasteiger partial charge is 0.247 e. The van der Waals surface area contributed by atoms with E-state index in [9.17, 15) is 0 Å². The Kier molecular flexibility index (Phi) is 5.60. The van der Waals surface area contributed by atoms with Crippen molar-refractivity contribution in [2.24, 2.45) is 0 Å². The van der Waals surface area contributed by atoms with Crippen molar-refractivity contribution >= 4 is 0 Å². The highest BCUT2D eigenvalue weighted by Gasteiger charge is 2.29. The van der Waals surface area contributed by atoms with E-state index in [0.717, 1.165) is 38.3 Å². The highest BCUT2D eigenvalue weighted by Crippen LogP contribution is 2.25. The van der Waals surface area contributed by atoms with E-state index < -0.39 is 0 Å². The van der Waals surface area contributed by atoms with Crippen LogP contribution in [0.1, 0.15) is 25.8 Å². The summed E-state index contributed by atoms with van der Waals surface area (Å²) in [6.45, 7) is 9.20. The van der Waals surface area contributed by atoms with E-state index >= 15 is 0 Å². The molecule has 0 spiro atoms. The lowest BCUT2D eigenvalue weighted by Crippen LogP contribution is -2.53. The summed E-state index contributed by atoms with van der Waals surface area (Å²) < 4.78 is 11.1. The molecule has 130 valence electrons. The maximum absolute atomic E-state index is 5.91. The van der Waals surface area contributed by atoms with E-state index in [1.54, 1.807) is 7.11 Å². The van der Waals surface area contributed by atoms with Gasteiger partial charge in [0, 0.05) is 44.9 Å². The summed E-state index contributed by atoms with van der Waals surface area (Å²) in [5.74, 6) is 1.27. The monoisotopic (exact) mass is 330 g/mol. The van der Waals surface area contributed by atoms with Crippen molar-refractivity contribution < 1.29 is 9.15 Å². The van der Waals surface area contributed by atoms with Gasteiger partial charge in [0.05, 0.1) is 12.6 Å². The SMILES string of the molecule is COCCN1CCN(C(C)c2nnc(-c3ccccc3)o2)CC1C. The van der Waals surface area contributed by atoms with E-state index in [2.05, 4.69) is 33.8 Å². The molecule has 0 bridgehead atoms. The van der Waals surface area contributed by atoms with E-state index in [1.807, 2.05) is 30.3 Å². The van der Waals surface area contributed by atoms with Gasteiger partial charge in [0.15, 0.2) is 0 Å². The third kappa shape index (κ3) is 3.83. The van der Waals surface area contributed by atoms with Crippen LogP contribution >= 0.6 is 0 Å². The lowest BCUT2D eigenvalue weighted by Gasteiger charge is -2.41. The van der Waals surface area contributed by atoms with Crippen molar-refractivity contribution in [2.45, 2.75) is 25.9 Å². The van der Waals surface area contributed by atoms with Crippen molar-refractivity contribution in [3.8, 4) is 11.5 Å². The van der Waals surface area contributed by atoms with Gasteiger partial charge in [-0.25, -0.2) is 0 Å². The fourth-order valence-electron chi connectivity index (χ4n) is 3.17. The molecule has 0 radical (unpaired) electrons. The van der Waals surface area contributed by atoms with Gasteiger partial charge >= 0.3 is 0 Å². The van der Waals surface area contributed by atoms with Crippen LogP contribution in [0.5, 0.6) is 0 Å². The second-order valence-corrected chi connectivity index (χ2v) is 6.36. The molecule has 1 aliphatic rings. The second-order valence-electron chi connectivity index (χ2n) is 6.36. The average Bonchev–Trinajstić information content (AvgIpc) is 3.11. The van der Waals surface area contributed by atoms with Crippen LogP contribution in [0.3, 0.4) is 0 Å². The molecule has 0 amide bonds. The maximum Gasteiger partial charge on any atom is 0.247 e. The molecule has 1 aromatic carbocycles. The Morgan fingerprint density at radius 2 is 2.04 bits per heavy atom. The fourth-order valence-corrected chi connectivity index (χ4v) is 3.17. The van der Waals surface area contributed by atoms with Crippen LogP contribution < -0.4 is 0 Å². The largest absolute Gasteiger partial charge is 0.419 e. The van der Waals surface area contributed by atoms with Crippen LogP contribution in [0.25, 0.3) is 11.5 Å². The minimum atomic E-state index is 0.127. The van der Waals surface area contributed by atoms with Crippen LogP contribution in [-0.4, -0.2) is 65.9 Å². The van der Waals surface area contributed by atoms with Crippen LogP contribution in [0.2, 0.25) is 0 Å². The van der Waals surface area contributed by atoms with Crippen LogP contribution in [0, 0.1) is 0 Å². The van der Waals surface area contributed by atoms with Gasteiger partial charge in [0.2, 0.25) is 11.8 Å². The van der Waals surface area contributed by atoms with Gasteiger partial charge in [-0.05, 0) is 26.0 Å². The number of nitrogens with zero attached hydrogens (tertiary/aromatic N) is 4. The topological polar surface area (TPSA) is 54.6 Å². The highest BCUT2D eigenvalue weighted by atomic mass is 16.5. The number of hydrogen-bond donors (Lipinski definition) is 0. The lowest BCUT2D eigenvalue weighted by molar-refractivity contribution is 0.0363. The number of ether oxygens (including phenoxy) is 1. The van der Waals surface area contributed by atoms with Gasteiger partial charge in [-0.15, -0.1) is 10.2 Å². The number of aromatic nitrogens is 2. The van der Waals surface area contributed by atoms with Gasteiger partial charge < -0.3 is 9.15 Å². The molecule has 1 aliphatic heterocycles. The number of piperazine rings is 1. The molecular formula is C18H26N4O2. The van der Waals surface area contributed by atoms with E-state index in [4.69, 9.17) is 9.15 Å². The first-order chi connectivity index (χ1) is 11.7. The Hall–Kier alpha value is -1.76. The van der Waals surface area contributed by atoms with E-state index in [-0.39, 0.29) is 6.04 Å². The zero-order chi connectivity index (χ0) is 16.9. The first-order valence-electron chi connectivity index (χ1n) is 8.55. The molecule has 1 aromatic heterocycles. The summed E-state index contributed by atoms with van der Waals surface area (Å²) in [6, 6.07) is 10.5. The fraction of sp³-hybridized carbons (Fsp3) is 0.556. The van der Waals surface area contributed by atoms with Crippen molar-refractivity contribution in [1.82, 2.24) is 20.0 Å². The number of rotatable bonds is 6. The van der Waals surface area contributed by atoms with Crippen molar-refractivity contribution in [3.63, 3.8) is 0 Å². The molecule has 3 rings (SSSR count). The Balaban J connectivity index is 1.63. The first-order valence-corrected chi connectivity index (χ1v) is 8.55. The highest BCUT2D eigenvalue weighted by molar-refractivity contribution is 5.51. The molecule has 6 nitrogen and oxygen atoms in total. The molecular weight excluding hydrogens is 304 g/mol. The molecule has 2 aromatic rings. The van der Waals surface area contributed by atoms with Gasteiger partial charge in [-0.2, -0.15) is 0 Å². The van der Waals surface area contributed by atoms with Gasteiger partial charge in [-0.3, -0.25) is 9.80 Å². The Morgan fingerprint density at radius 3 is 2.75 bits per heavy atom. The van der Waals surface area contributed by atoms with Gasteiger partial charge in [0.1, 0.15) is 0 Å². The van der Waals surface area contributed by atoms with Gasteiger partial charge in [-0.1, -0.05) is 18.2 Å². The third-order valence-corrected chi connectivity index (χ3v) is 4.75. The number of benzene rings is 1. The molecule has 2 unspecified atom stereocenters. The maximum atomic E-state index is 5.91. The molecule has 0 N–H and O–H groups in total. The third-order valence-electron chi connectivity index (χ3n) is 4.75. The van der Waals surface area contributed by atoms with Crippen LogP contribution in [0.4, 0.5) is 0 Å². The van der Waals surface area contributed by atoms with Crippen molar-refractivity contribution in [2.75, 3.05) is 39.9 Å². The summed E-state index contributed by atoms with van der Waals surface area (Å²) in [4.78, 5) is 4.88. The summed E-state index contributed by atoms with van der Waals surface area (Å²) in [5, 5.41) is 8.48. The minimum absolute atomic E-state index is 0.127. The standard InChI is InChI=1S/C18H26N4O2/c1-14-13-22(10-9-21(14)11-12-23-3)15(2)17-19-20-18(24-17)16-7-5-4-6-8-16/h4-8,14-15H,9-13H2,1-3H3. The first kappa shape index (κ1) is 17.1.